The van der Waals surface area contributed by atoms with Crippen LogP contribution in [0.4, 0.5) is 0 Å². The second-order valence-corrected chi connectivity index (χ2v) is 5.33. The van der Waals surface area contributed by atoms with Gasteiger partial charge in [0.1, 0.15) is 0 Å². The van der Waals surface area contributed by atoms with Gasteiger partial charge in [0.25, 0.3) is 0 Å². The lowest BCUT2D eigenvalue weighted by Crippen LogP contribution is -2.44. The highest BCUT2D eigenvalue weighted by Gasteiger charge is 2.27. The fourth-order valence-electron chi connectivity index (χ4n) is 1.48. The first-order valence-electron chi connectivity index (χ1n) is 5.76. The maximum absolute atomic E-state index is 11.7. The number of carbonyl (C=O) groups is 1. The number of rotatable bonds is 7. The zero-order chi connectivity index (χ0) is 13.5. The number of nitrogens with two attached hydrogens (primary N) is 1. The first kappa shape index (κ1) is 16.1. The van der Waals surface area contributed by atoms with E-state index in [-0.39, 0.29) is 16.5 Å². The van der Waals surface area contributed by atoms with E-state index >= 15 is 0 Å². The van der Waals surface area contributed by atoms with E-state index in [1.54, 1.807) is 18.7 Å². The van der Waals surface area contributed by atoms with Crippen LogP contribution in [-0.4, -0.2) is 34.5 Å². The molecular weight excluding hydrogens is 238 g/mol. The molecule has 4 N–H and O–H groups in total. The number of hydrogen-bond donors (Lipinski definition) is 3. The molecule has 100 valence electrons. The van der Waals surface area contributed by atoms with Crippen molar-refractivity contribution < 1.29 is 10.0 Å². The van der Waals surface area contributed by atoms with Crippen LogP contribution in [0.5, 0.6) is 0 Å². The third-order valence-corrected chi connectivity index (χ3v) is 4.85. The van der Waals surface area contributed by atoms with E-state index in [9.17, 15) is 4.79 Å². The van der Waals surface area contributed by atoms with Gasteiger partial charge < -0.3 is 16.3 Å². The van der Waals surface area contributed by atoms with Crippen molar-refractivity contribution in [3.63, 3.8) is 0 Å². The molecule has 0 radical (unpaired) electrons. The van der Waals surface area contributed by atoms with Crippen molar-refractivity contribution in [3.8, 4) is 0 Å². The van der Waals surface area contributed by atoms with Crippen LogP contribution in [0.2, 0.25) is 0 Å². The molecular formula is C11H23N3O2S. The molecule has 1 unspecified atom stereocenters. The average molecular weight is 261 g/mol. The van der Waals surface area contributed by atoms with Gasteiger partial charge in [0.15, 0.2) is 5.84 Å². The highest BCUT2D eigenvalue weighted by molar-refractivity contribution is 8.00. The quantitative estimate of drug-likeness (QED) is 0.280. The van der Waals surface area contributed by atoms with E-state index in [2.05, 4.69) is 24.3 Å². The van der Waals surface area contributed by atoms with Crippen molar-refractivity contribution >= 4 is 23.5 Å². The lowest BCUT2D eigenvalue weighted by molar-refractivity contribution is -0.122. The summed E-state index contributed by atoms with van der Waals surface area (Å²) in [4.78, 5) is 11.7. The van der Waals surface area contributed by atoms with Crippen molar-refractivity contribution in [2.45, 2.75) is 38.4 Å². The first-order valence-corrected chi connectivity index (χ1v) is 6.99. The second-order valence-electron chi connectivity index (χ2n) is 4.06. The predicted molar refractivity (Wildman–Crippen MR) is 72.4 cm³/mol. The van der Waals surface area contributed by atoms with Gasteiger partial charge in [0.05, 0.1) is 5.92 Å². The summed E-state index contributed by atoms with van der Waals surface area (Å²) >= 11 is 1.76. The van der Waals surface area contributed by atoms with E-state index in [4.69, 9.17) is 10.9 Å². The molecule has 0 bridgehead atoms. The number of amidine groups is 1. The maximum Gasteiger partial charge on any atom is 0.230 e. The average Bonchev–Trinajstić information content (AvgIpc) is 2.38. The topological polar surface area (TPSA) is 87.7 Å². The number of nitrogens with zero attached hydrogens (tertiary/aromatic N) is 1. The molecule has 0 aliphatic heterocycles. The van der Waals surface area contributed by atoms with Gasteiger partial charge in [-0.25, -0.2) is 0 Å². The zero-order valence-electron chi connectivity index (χ0n) is 11.0. The van der Waals surface area contributed by atoms with Gasteiger partial charge in [-0.3, -0.25) is 4.79 Å². The molecule has 5 nitrogen and oxygen atoms in total. The summed E-state index contributed by atoms with van der Waals surface area (Å²) in [6.45, 7) is 6.43. The van der Waals surface area contributed by atoms with Crippen LogP contribution in [0.15, 0.2) is 5.16 Å². The van der Waals surface area contributed by atoms with Gasteiger partial charge in [-0.15, -0.1) is 0 Å². The summed E-state index contributed by atoms with van der Waals surface area (Å²) < 4.78 is 0.0699. The number of carbonyl (C=O) groups excluding carboxylic acids is 1. The summed E-state index contributed by atoms with van der Waals surface area (Å²) in [5.74, 6) is -0.876. The van der Waals surface area contributed by atoms with Gasteiger partial charge in [-0.1, -0.05) is 19.0 Å². The Balaban J connectivity index is 4.41. The molecule has 0 aliphatic carbocycles. The summed E-state index contributed by atoms with van der Waals surface area (Å²) in [6, 6.07) is 0. The van der Waals surface area contributed by atoms with Crippen molar-refractivity contribution in [1.82, 2.24) is 5.32 Å². The molecule has 0 saturated heterocycles. The van der Waals surface area contributed by atoms with Crippen LogP contribution in [-0.2, 0) is 4.79 Å². The Morgan fingerprint density at radius 1 is 1.53 bits per heavy atom. The summed E-state index contributed by atoms with van der Waals surface area (Å²) in [5, 5.41) is 14.2. The molecule has 6 heteroatoms. The van der Waals surface area contributed by atoms with Gasteiger partial charge in [-0.05, 0) is 26.0 Å². The van der Waals surface area contributed by atoms with Crippen LogP contribution in [0.1, 0.15) is 33.6 Å². The number of nitrogens with one attached hydrogen (secondary N) is 1. The largest absolute Gasteiger partial charge is 0.409 e. The van der Waals surface area contributed by atoms with Crippen LogP contribution in [0.25, 0.3) is 0 Å². The Morgan fingerprint density at radius 2 is 2.06 bits per heavy atom. The molecule has 1 amide bonds. The van der Waals surface area contributed by atoms with Crippen LogP contribution >= 0.6 is 11.8 Å². The molecule has 0 aromatic rings. The van der Waals surface area contributed by atoms with Gasteiger partial charge in [0, 0.05) is 11.3 Å². The third-order valence-electron chi connectivity index (χ3n) is 3.26. The first-order chi connectivity index (χ1) is 7.96. The van der Waals surface area contributed by atoms with E-state index in [0.717, 1.165) is 12.8 Å². The summed E-state index contributed by atoms with van der Waals surface area (Å²) in [5.41, 5.74) is 5.39. The fraction of sp³-hybridized carbons (Fsp3) is 0.818. The predicted octanol–water partition coefficient (Wildman–Crippen LogP) is 1.41. The van der Waals surface area contributed by atoms with Gasteiger partial charge in [-0.2, -0.15) is 11.8 Å². The minimum absolute atomic E-state index is 0.0646. The van der Waals surface area contributed by atoms with E-state index in [1.165, 1.54) is 0 Å². The molecule has 0 spiro atoms. The van der Waals surface area contributed by atoms with Crippen molar-refractivity contribution in [2.75, 3.05) is 12.8 Å². The molecule has 0 rings (SSSR count). The summed E-state index contributed by atoms with van der Waals surface area (Å²) in [6.07, 6.45) is 4.03. The highest BCUT2D eigenvalue weighted by atomic mass is 32.2. The van der Waals surface area contributed by atoms with E-state index in [0.29, 0.717) is 6.54 Å². The SMILES string of the molecule is CCC(CC)(CNC(=O)C(C)C(N)=NO)SC. The van der Waals surface area contributed by atoms with E-state index in [1.807, 2.05) is 6.26 Å². The highest BCUT2D eigenvalue weighted by Crippen LogP contribution is 2.29. The molecule has 17 heavy (non-hydrogen) atoms. The fourth-order valence-corrected chi connectivity index (χ4v) is 2.28. The van der Waals surface area contributed by atoms with Crippen molar-refractivity contribution in [3.05, 3.63) is 0 Å². The lowest BCUT2D eigenvalue weighted by Gasteiger charge is -2.30. The molecule has 0 fully saturated rings. The Labute approximate surface area is 107 Å². The molecule has 0 saturated carbocycles. The Hall–Kier alpha value is -0.910. The Kier molecular flexibility index (Phi) is 7.03. The van der Waals surface area contributed by atoms with Crippen molar-refractivity contribution in [1.29, 1.82) is 0 Å². The Bertz CT molecular complexity index is 270. The molecule has 0 aliphatic rings. The number of hydrogen-bond acceptors (Lipinski definition) is 4. The number of oxime groups is 1. The Morgan fingerprint density at radius 3 is 2.41 bits per heavy atom. The maximum atomic E-state index is 11.7. The molecule has 0 aromatic heterocycles. The monoisotopic (exact) mass is 261 g/mol. The number of amides is 1. The lowest BCUT2D eigenvalue weighted by atomic mass is 10.0. The zero-order valence-corrected chi connectivity index (χ0v) is 11.8. The van der Waals surface area contributed by atoms with Gasteiger partial charge in [0.2, 0.25) is 5.91 Å². The number of thioether (sulfide) groups is 1. The van der Waals surface area contributed by atoms with Gasteiger partial charge >= 0.3 is 0 Å². The normalized spacial score (nSPS) is 14.5. The summed E-state index contributed by atoms with van der Waals surface area (Å²) in [7, 11) is 0. The van der Waals surface area contributed by atoms with Crippen LogP contribution in [0.3, 0.4) is 0 Å². The molecule has 1 atom stereocenters. The second kappa shape index (κ2) is 7.42. The third kappa shape index (κ3) is 4.46. The standard InChI is InChI=1S/C11H23N3O2S/c1-5-11(6-2,17-4)7-13-10(15)8(3)9(12)14-16/h8,16H,5-7H2,1-4H3,(H2,12,14)(H,13,15). The van der Waals surface area contributed by atoms with Crippen molar-refractivity contribution in [2.24, 2.45) is 16.8 Å². The molecule has 0 heterocycles. The minimum Gasteiger partial charge on any atom is -0.409 e. The minimum atomic E-state index is -0.603. The van der Waals surface area contributed by atoms with Crippen LogP contribution < -0.4 is 11.1 Å². The van der Waals surface area contributed by atoms with Crippen LogP contribution in [0, 0.1) is 5.92 Å². The van der Waals surface area contributed by atoms with E-state index < -0.39 is 5.92 Å². The smallest absolute Gasteiger partial charge is 0.230 e. The molecule has 0 aromatic carbocycles.